The van der Waals surface area contributed by atoms with Crippen LogP contribution >= 0.6 is 11.6 Å². The molecule has 110 valence electrons. The van der Waals surface area contributed by atoms with Gasteiger partial charge in [-0.25, -0.2) is 9.78 Å². The number of halogens is 1. The van der Waals surface area contributed by atoms with E-state index in [2.05, 4.69) is 10.3 Å². The number of pyridine rings is 1. The van der Waals surface area contributed by atoms with Crippen LogP contribution in [0.15, 0.2) is 48.5 Å². The fourth-order valence-electron chi connectivity index (χ4n) is 2.24. The maximum absolute atomic E-state index is 11.3. The number of carboxylic acids is 1. The molecule has 0 saturated heterocycles. The second-order valence-electron chi connectivity index (χ2n) is 5.01. The zero-order valence-electron chi connectivity index (χ0n) is 11.8. The van der Waals surface area contributed by atoms with Crippen LogP contribution in [0.1, 0.15) is 16.1 Å². The number of nitrogens with zero attached hydrogens (tertiary/aromatic N) is 1. The molecule has 0 spiro atoms. The standard InChI is InChI=1S/C17H13ClN2O2/c1-10-2-7-14-13(8-10)15(9-16(20-14)17(21)22)19-12-5-3-11(18)4-6-12/h2-9H,1H3,(H,19,20)(H,21,22). The van der Waals surface area contributed by atoms with Gasteiger partial charge in [0.05, 0.1) is 11.2 Å². The van der Waals surface area contributed by atoms with E-state index >= 15 is 0 Å². The Balaban J connectivity index is 2.14. The van der Waals surface area contributed by atoms with Gasteiger partial charge in [0.1, 0.15) is 0 Å². The summed E-state index contributed by atoms with van der Waals surface area (Å²) in [5, 5.41) is 14.0. The quantitative estimate of drug-likeness (QED) is 0.739. The van der Waals surface area contributed by atoms with Gasteiger partial charge in [-0.2, -0.15) is 0 Å². The smallest absolute Gasteiger partial charge is 0.354 e. The molecule has 4 nitrogen and oxygen atoms in total. The molecule has 0 saturated carbocycles. The Morgan fingerprint density at radius 1 is 1.14 bits per heavy atom. The van der Waals surface area contributed by atoms with E-state index in [4.69, 9.17) is 11.6 Å². The molecule has 0 bridgehead atoms. The highest BCUT2D eigenvalue weighted by molar-refractivity contribution is 6.30. The number of anilines is 2. The van der Waals surface area contributed by atoms with E-state index < -0.39 is 5.97 Å². The predicted octanol–water partition coefficient (Wildman–Crippen LogP) is 4.64. The van der Waals surface area contributed by atoms with E-state index in [0.717, 1.165) is 16.6 Å². The number of hydrogen-bond acceptors (Lipinski definition) is 3. The molecule has 0 radical (unpaired) electrons. The minimum atomic E-state index is -1.05. The fourth-order valence-corrected chi connectivity index (χ4v) is 2.37. The van der Waals surface area contributed by atoms with Crippen LogP contribution in [0.2, 0.25) is 5.02 Å². The molecule has 1 aromatic heterocycles. The first-order chi connectivity index (χ1) is 10.5. The van der Waals surface area contributed by atoms with Gasteiger partial charge in [0.15, 0.2) is 5.69 Å². The lowest BCUT2D eigenvalue weighted by Gasteiger charge is -2.11. The lowest BCUT2D eigenvalue weighted by molar-refractivity contribution is 0.0691. The molecule has 0 aliphatic heterocycles. The minimum absolute atomic E-state index is 0.00724. The van der Waals surface area contributed by atoms with Gasteiger partial charge in [-0.1, -0.05) is 23.2 Å². The second kappa shape index (κ2) is 5.66. The second-order valence-corrected chi connectivity index (χ2v) is 5.45. The Morgan fingerprint density at radius 2 is 1.86 bits per heavy atom. The van der Waals surface area contributed by atoms with E-state index in [9.17, 15) is 9.90 Å². The Labute approximate surface area is 132 Å². The van der Waals surface area contributed by atoms with Gasteiger partial charge >= 0.3 is 5.97 Å². The summed E-state index contributed by atoms with van der Waals surface area (Å²) in [5.41, 5.74) is 3.26. The zero-order valence-corrected chi connectivity index (χ0v) is 12.6. The van der Waals surface area contributed by atoms with E-state index in [-0.39, 0.29) is 5.69 Å². The summed E-state index contributed by atoms with van der Waals surface area (Å²) in [6.07, 6.45) is 0. The van der Waals surface area contributed by atoms with E-state index in [1.54, 1.807) is 18.2 Å². The Kier molecular flexibility index (Phi) is 3.69. The number of rotatable bonds is 3. The van der Waals surface area contributed by atoms with Crippen LogP contribution in [0.25, 0.3) is 10.9 Å². The van der Waals surface area contributed by atoms with Crippen molar-refractivity contribution < 1.29 is 9.90 Å². The van der Waals surface area contributed by atoms with Crippen molar-refractivity contribution in [2.24, 2.45) is 0 Å². The monoisotopic (exact) mass is 312 g/mol. The maximum Gasteiger partial charge on any atom is 0.354 e. The topological polar surface area (TPSA) is 62.2 Å². The number of aromatic carboxylic acids is 1. The van der Waals surface area contributed by atoms with Crippen LogP contribution in [-0.2, 0) is 0 Å². The lowest BCUT2D eigenvalue weighted by Crippen LogP contribution is -2.03. The van der Waals surface area contributed by atoms with Crippen LogP contribution in [-0.4, -0.2) is 16.1 Å². The van der Waals surface area contributed by atoms with Crippen molar-refractivity contribution in [1.29, 1.82) is 0 Å². The molecule has 0 atom stereocenters. The normalized spacial score (nSPS) is 10.6. The summed E-state index contributed by atoms with van der Waals surface area (Å²) >= 11 is 5.88. The summed E-state index contributed by atoms with van der Waals surface area (Å²) in [4.78, 5) is 15.4. The molecule has 2 N–H and O–H groups in total. The maximum atomic E-state index is 11.3. The third kappa shape index (κ3) is 2.87. The van der Waals surface area contributed by atoms with Crippen molar-refractivity contribution in [2.45, 2.75) is 6.92 Å². The lowest BCUT2D eigenvalue weighted by atomic mass is 10.1. The molecule has 0 unspecified atom stereocenters. The number of carboxylic acid groups (broad SMARTS) is 1. The molecule has 0 fully saturated rings. The number of aryl methyl sites for hydroxylation is 1. The van der Waals surface area contributed by atoms with Crippen molar-refractivity contribution in [3.05, 3.63) is 64.8 Å². The molecule has 5 heteroatoms. The number of fused-ring (bicyclic) bond motifs is 1. The van der Waals surface area contributed by atoms with Gasteiger partial charge in [-0.15, -0.1) is 0 Å². The molecule has 1 heterocycles. The Bertz CT molecular complexity index is 860. The predicted molar refractivity (Wildman–Crippen MR) is 88.2 cm³/mol. The van der Waals surface area contributed by atoms with Gasteiger partial charge in [0, 0.05) is 16.1 Å². The third-order valence-electron chi connectivity index (χ3n) is 3.31. The van der Waals surface area contributed by atoms with Gasteiger partial charge in [-0.05, 0) is 49.4 Å². The van der Waals surface area contributed by atoms with Crippen molar-refractivity contribution >= 4 is 39.8 Å². The summed E-state index contributed by atoms with van der Waals surface area (Å²) in [6, 6.07) is 14.5. The SMILES string of the molecule is Cc1ccc2nc(C(=O)O)cc(Nc3ccc(Cl)cc3)c2c1. The molecule has 0 aliphatic rings. The summed E-state index contributed by atoms with van der Waals surface area (Å²) in [7, 11) is 0. The van der Waals surface area contributed by atoms with Crippen LogP contribution in [0.3, 0.4) is 0 Å². The first-order valence-corrected chi connectivity index (χ1v) is 7.08. The van der Waals surface area contributed by atoms with Crippen molar-refractivity contribution in [3.63, 3.8) is 0 Å². The van der Waals surface area contributed by atoms with Gasteiger partial charge in [-0.3, -0.25) is 0 Å². The average molecular weight is 313 g/mol. The molecular formula is C17H13ClN2O2. The van der Waals surface area contributed by atoms with E-state index in [1.165, 1.54) is 0 Å². The first kappa shape index (κ1) is 14.4. The Hall–Kier alpha value is -2.59. The number of carbonyl (C=O) groups is 1. The third-order valence-corrected chi connectivity index (χ3v) is 3.56. The molecule has 3 rings (SSSR count). The number of aromatic nitrogens is 1. The molecule has 22 heavy (non-hydrogen) atoms. The highest BCUT2D eigenvalue weighted by Crippen LogP contribution is 2.28. The molecule has 0 amide bonds. The van der Waals surface area contributed by atoms with Gasteiger partial charge in [0.2, 0.25) is 0 Å². The minimum Gasteiger partial charge on any atom is -0.477 e. The Morgan fingerprint density at radius 3 is 2.55 bits per heavy atom. The summed E-state index contributed by atoms with van der Waals surface area (Å²) in [6.45, 7) is 1.98. The van der Waals surface area contributed by atoms with Crippen molar-refractivity contribution in [3.8, 4) is 0 Å². The van der Waals surface area contributed by atoms with Gasteiger partial charge < -0.3 is 10.4 Å². The van der Waals surface area contributed by atoms with Crippen LogP contribution in [0.5, 0.6) is 0 Å². The molecular weight excluding hydrogens is 300 g/mol. The molecule has 2 aromatic carbocycles. The summed E-state index contributed by atoms with van der Waals surface area (Å²) < 4.78 is 0. The average Bonchev–Trinajstić information content (AvgIpc) is 2.49. The van der Waals surface area contributed by atoms with Gasteiger partial charge in [0.25, 0.3) is 0 Å². The van der Waals surface area contributed by atoms with E-state index in [0.29, 0.717) is 16.2 Å². The fraction of sp³-hybridized carbons (Fsp3) is 0.0588. The van der Waals surface area contributed by atoms with Crippen LogP contribution in [0.4, 0.5) is 11.4 Å². The number of nitrogens with one attached hydrogen (secondary N) is 1. The van der Waals surface area contributed by atoms with E-state index in [1.807, 2.05) is 37.3 Å². The molecule has 3 aromatic rings. The van der Waals surface area contributed by atoms with Crippen molar-refractivity contribution in [1.82, 2.24) is 4.98 Å². The highest BCUT2D eigenvalue weighted by atomic mass is 35.5. The van der Waals surface area contributed by atoms with Crippen molar-refractivity contribution in [2.75, 3.05) is 5.32 Å². The summed E-state index contributed by atoms with van der Waals surface area (Å²) in [5.74, 6) is -1.05. The molecule has 0 aliphatic carbocycles. The highest BCUT2D eigenvalue weighted by Gasteiger charge is 2.11. The first-order valence-electron chi connectivity index (χ1n) is 6.70. The van der Waals surface area contributed by atoms with Crippen LogP contribution < -0.4 is 5.32 Å². The number of benzene rings is 2. The van der Waals surface area contributed by atoms with Crippen LogP contribution in [0, 0.1) is 6.92 Å². The zero-order chi connectivity index (χ0) is 15.7. The largest absolute Gasteiger partial charge is 0.477 e. The number of hydrogen-bond donors (Lipinski definition) is 2.